The molecule has 1 aromatic heterocycles. The summed E-state index contributed by atoms with van der Waals surface area (Å²) in [6.07, 6.45) is 3.42. The van der Waals surface area contributed by atoms with Gasteiger partial charge in [-0.25, -0.2) is 13.4 Å². The van der Waals surface area contributed by atoms with Crippen LogP contribution in [0.4, 0.5) is 5.82 Å². The third-order valence-electron chi connectivity index (χ3n) is 3.15. The zero-order valence-corrected chi connectivity index (χ0v) is 12.7. The summed E-state index contributed by atoms with van der Waals surface area (Å²) in [7, 11) is -3.29. The van der Waals surface area contributed by atoms with Gasteiger partial charge >= 0.3 is 0 Å². The minimum atomic E-state index is -3.29. The van der Waals surface area contributed by atoms with Crippen molar-refractivity contribution in [1.82, 2.24) is 4.98 Å². The average molecular weight is 305 g/mol. The van der Waals surface area contributed by atoms with Crippen molar-refractivity contribution >= 4 is 15.7 Å². The van der Waals surface area contributed by atoms with Crippen LogP contribution in [0.5, 0.6) is 0 Å². The first kappa shape index (κ1) is 15.5. The van der Waals surface area contributed by atoms with Gasteiger partial charge in [0.2, 0.25) is 0 Å². The smallest absolute Gasteiger partial charge is 0.179 e. The Morgan fingerprint density at radius 1 is 1.19 bits per heavy atom. The third kappa shape index (κ3) is 4.27. The summed E-state index contributed by atoms with van der Waals surface area (Å²) in [5, 5.41) is 3.05. The largest absolute Gasteiger partial charge is 0.369 e. The molecule has 21 heavy (non-hydrogen) atoms. The van der Waals surface area contributed by atoms with Crippen molar-refractivity contribution in [2.75, 3.05) is 18.1 Å². The van der Waals surface area contributed by atoms with E-state index in [-0.39, 0.29) is 10.9 Å². The molecular formula is C15H19N3O2S. The van der Waals surface area contributed by atoms with Crippen LogP contribution in [0.1, 0.15) is 18.0 Å². The van der Waals surface area contributed by atoms with Gasteiger partial charge in [-0.15, -0.1) is 0 Å². The van der Waals surface area contributed by atoms with Gasteiger partial charge < -0.3 is 11.1 Å². The standard InChI is InChI=1S/C15H19N3O2S/c1-21(19,20)14-8-5-10-17-15(14)18-11-9-13(16)12-6-3-2-4-7-12/h2-8,10,13H,9,11,16H2,1H3,(H,17,18). The first-order valence-electron chi connectivity index (χ1n) is 6.68. The molecule has 0 bridgehead atoms. The molecule has 3 N–H and O–H groups in total. The van der Waals surface area contributed by atoms with Crippen LogP contribution < -0.4 is 11.1 Å². The molecule has 2 aromatic rings. The van der Waals surface area contributed by atoms with E-state index in [9.17, 15) is 8.42 Å². The Morgan fingerprint density at radius 3 is 2.57 bits per heavy atom. The number of sulfone groups is 1. The van der Waals surface area contributed by atoms with Crippen LogP contribution in [-0.4, -0.2) is 26.2 Å². The highest BCUT2D eigenvalue weighted by atomic mass is 32.2. The number of nitrogens with zero attached hydrogens (tertiary/aromatic N) is 1. The van der Waals surface area contributed by atoms with Gasteiger partial charge in [-0.2, -0.15) is 0 Å². The molecule has 0 aliphatic heterocycles. The maximum Gasteiger partial charge on any atom is 0.179 e. The van der Waals surface area contributed by atoms with Crippen molar-refractivity contribution in [3.05, 3.63) is 54.2 Å². The summed E-state index contributed by atoms with van der Waals surface area (Å²) in [5.74, 6) is 0.375. The topological polar surface area (TPSA) is 85.1 Å². The Bertz CT molecular complexity index is 687. The molecule has 112 valence electrons. The van der Waals surface area contributed by atoms with E-state index in [1.54, 1.807) is 18.3 Å². The molecule has 1 atom stereocenters. The number of nitrogens with one attached hydrogen (secondary N) is 1. The monoisotopic (exact) mass is 305 g/mol. The van der Waals surface area contributed by atoms with Crippen molar-refractivity contribution < 1.29 is 8.42 Å². The van der Waals surface area contributed by atoms with Gasteiger partial charge in [-0.05, 0) is 24.1 Å². The fourth-order valence-electron chi connectivity index (χ4n) is 2.04. The molecule has 0 aliphatic rings. The minimum absolute atomic E-state index is 0.0934. The van der Waals surface area contributed by atoms with Crippen molar-refractivity contribution in [1.29, 1.82) is 0 Å². The van der Waals surface area contributed by atoms with E-state index >= 15 is 0 Å². The van der Waals surface area contributed by atoms with Crippen molar-refractivity contribution in [2.45, 2.75) is 17.4 Å². The molecule has 0 fully saturated rings. The summed E-state index contributed by atoms with van der Waals surface area (Å²) in [6.45, 7) is 0.551. The van der Waals surface area contributed by atoms with Gasteiger partial charge in [-0.3, -0.25) is 0 Å². The van der Waals surface area contributed by atoms with Gasteiger partial charge in [-0.1, -0.05) is 30.3 Å². The Morgan fingerprint density at radius 2 is 1.90 bits per heavy atom. The minimum Gasteiger partial charge on any atom is -0.369 e. The van der Waals surface area contributed by atoms with E-state index in [4.69, 9.17) is 5.73 Å². The Kier molecular flexibility index (Phi) is 4.93. The van der Waals surface area contributed by atoms with E-state index in [2.05, 4.69) is 10.3 Å². The molecule has 0 saturated carbocycles. The molecule has 0 saturated heterocycles. The molecule has 1 aromatic carbocycles. The second kappa shape index (κ2) is 6.69. The molecule has 0 radical (unpaired) electrons. The van der Waals surface area contributed by atoms with Crippen LogP contribution in [0.2, 0.25) is 0 Å². The van der Waals surface area contributed by atoms with Crippen LogP contribution in [-0.2, 0) is 9.84 Å². The van der Waals surface area contributed by atoms with Gasteiger partial charge in [0.25, 0.3) is 0 Å². The van der Waals surface area contributed by atoms with Crippen molar-refractivity contribution in [3.63, 3.8) is 0 Å². The third-order valence-corrected chi connectivity index (χ3v) is 4.27. The van der Waals surface area contributed by atoms with E-state index in [0.29, 0.717) is 18.8 Å². The molecule has 5 nitrogen and oxygen atoms in total. The average Bonchev–Trinajstić information content (AvgIpc) is 2.47. The number of anilines is 1. The normalized spacial score (nSPS) is 12.9. The molecule has 1 unspecified atom stereocenters. The van der Waals surface area contributed by atoms with E-state index < -0.39 is 9.84 Å². The molecular weight excluding hydrogens is 286 g/mol. The quantitative estimate of drug-likeness (QED) is 0.852. The first-order chi connectivity index (χ1) is 9.98. The lowest BCUT2D eigenvalue weighted by Gasteiger charge is -2.14. The van der Waals surface area contributed by atoms with Gasteiger partial charge in [0, 0.05) is 25.0 Å². The zero-order valence-electron chi connectivity index (χ0n) is 11.9. The second-order valence-corrected chi connectivity index (χ2v) is 6.84. The van der Waals surface area contributed by atoms with Crippen molar-refractivity contribution in [2.24, 2.45) is 5.73 Å². The summed E-state index contributed by atoms with van der Waals surface area (Å²) in [6, 6.07) is 12.9. The number of aromatic nitrogens is 1. The molecule has 0 aliphatic carbocycles. The lowest BCUT2D eigenvalue weighted by atomic mass is 10.1. The fraction of sp³-hybridized carbons (Fsp3) is 0.267. The highest BCUT2D eigenvalue weighted by molar-refractivity contribution is 7.90. The SMILES string of the molecule is CS(=O)(=O)c1cccnc1NCCC(N)c1ccccc1. The van der Waals surface area contributed by atoms with Gasteiger partial charge in [0.1, 0.15) is 10.7 Å². The lowest BCUT2D eigenvalue weighted by molar-refractivity contribution is 0.601. The Labute approximate surface area is 125 Å². The molecule has 0 amide bonds. The number of nitrogens with two attached hydrogens (primary N) is 1. The molecule has 1 heterocycles. The number of rotatable bonds is 6. The van der Waals surface area contributed by atoms with Gasteiger partial charge in [0.15, 0.2) is 9.84 Å². The summed E-state index contributed by atoms with van der Waals surface area (Å²) < 4.78 is 23.3. The van der Waals surface area contributed by atoms with E-state index in [1.807, 2.05) is 30.3 Å². The van der Waals surface area contributed by atoms with Crippen molar-refractivity contribution in [3.8, 4) is 0 Å². The van der Waals surface area contributed by atoms with Crippen LogP contribution in [0.25, 0.3) is 0 Å². The van der Waals surface area contributed by atoms with Crippen LogP contribution in [0.3, 0.4) is 0 Å². The Balaban J connectivity index is 1.99. The second-order valence-electron chi connectivity index (χ2n) is 4.85. The fourth-order valence-corrected chi connectivity index (χ4v) is 2.84. The number of hydrogen-bond acceptors (Lipinski definition) is 5. The summed E-state index contributed by atoms with van der Waals surface area (Å²) in [5.41, 5.74) is 7.16. The highest BCUT2D eigenvalue weighted by Gasteiger charge is 2.14. The van der Waals surface area contributed by atoms with Gasteiger partial charge in [0.05, 0.1) is 0 Å². The molecule has 0 spiro atoms. The maximum atomic E-state index is 11.7. The van der Waals surface area contributed by atoms with Crippen LogP contribution in [0.15, 0.2) is 53.6 Å². The molecule has 6 heteroatoms. The maximum absolute atomic E-state index is 11.7. The molecule has 2 rings (SSSR count). The first-order valence-corrected chi connectivity index (χ1v) is 8.57. The summed E-state index contributed by atoms with van der Waals surface area (Å²) >= 11 is 0. The van der Waals surface area contributed by atoms with Crippen LogP contribution >= 0.6 is 0 Å². The predicted molar refractivity (Wildman–Crippen MR) is 83.8 cm³/mol. The highest BCUT2D eigenvalue weighted by Crippen LogP contribution is 2.19. The Hall–Kier alpha value is -1.92. The summed E-state index contributed by atoms with van der Waals surface area (Å²) in [4.78, 5) is 4.29. The number of benzene rings is 1. The number of hydrogen-bond donors (Lipinski definition) is 2. The predicted octanol–water partition coefficient (Wildman–Crippen LogP) is 1.99. The number of pyridine rings is 1. The van der Waals surface area contributed by atoms with Crippen LogP contribution in [0, 0.1) is 0 Å². The van der Waals surface area contributed by atoms with E-state index in [1.165, 1.54) is 6.26 Å². The van der Waals surface area contributed by atoms with E-state index in [0.717, 1.165) is 5.56 Å². The lowest BCUT2D eigenvalue weighted by Crippen LogP contribution is -2.16. The zero-order chi connectivity index (χ0) is 15.3.